The smallest absolute Gasteiger partial charge is 0.192 e. The first kappa shape index (κ1) is 6.40. The zero-order valence-electron chi connectivity index (χ0n) is 6.29. The van der Waals surface area contributed by atoms with Crippen LogP contribution in [-0.2, 0) is 0 Å². The molecule has 0 saturated heterocycles. The van der Waals surface area contributed by atoms with Gasteiger partial charge >= 0.3 is 0 Å². The van der Waals surface area contributed by atoms with Gasteiger partial charge in [0.1, 0.15) is 5.52 Å². The molecule has 1 heterocycles. The highest BCUT2D eigenvalue weighted by molar-refractivity contribution is 5.73. The quantitative estimate of drug-likeness (QED) is 0.570. The number of rotatable bonds is 0. The van der Waals surface area contributed by atoms with Crippen molar-refractivity contribution >= 4 is 11.1 Å². The van der Waals surface area contributed by atoms with Crippen molar-refractivity contribution in [3.8, 4) is 0 Å². The van der Waals surface area contributed by atoms with E-state index in [1.54, 1.807) is 0 Å². The lowest BCUT2D eigenvalue weighted by Crippen LogP contribution is -1.70. The standard InChI is InChI=1S/C9H8NO/c1-6-3-4-8-9(5-6)11-7(2)10-8/h3-5H,1H2,2H3. The molecule has 2 heteroatoms. The molecule has 0 aliphatic rings. The first-order chi connectivity index (χ1) is 5.25. The zero-order chi connectivity index (χ0) is 7.84. The second kappa shape index (κ2) is 2.09. The van der Waals surface area contributed by atoms with Crippen molar-refractivity contribution in [3.63, 3.8) is 0 Å². The molecule has 2 nitrogen and oxygen atoms in total. The molecule has 0 aliphatic heterocycles. The summed E-state index contributed by atoms with van der Waals surface area (Å²) in [7, 11) is 0. The maximum absolute atomic E-state index is 5.30. The van der Waals surface area contributed by atoms with Crippen molar-refractivity contribution in [2.75, 3.05) is 0 Å². The van der Waals surface area contributed by atoms with Crippen LogP contribution in [0.15, 0.2) is 22.6 Å². The Kier molecular flexibility index (Phi) is 1.22. The summed E-state index contributed by atoms with van der Waals surface area (Å²) in [6.45, 7) is 5.63. The topological polar surface area (TPSA) is 26.0 Å². The molecule has 0 bridgehead atoms. The van der Waals surface area contributed by atoms with Crippen molar-refractivity contribution < 1.29 is 4.42 Å². The molecule has 1 radical (unpaired) electrons. The Balaban J connectivity index is 2.82. The molecule has 0 atom stereocenters. The summed E-state index contributed by atoms with van der Waals surface area (Å²) in [5.74, 6) is 0.700. The van der Waals surface area contributed by atoms with E-state index in [9.17, 15) is 0 Å². The molecule has 2 aromatic rings. The summed E-state index contributed by atoms with van der Waals surface area (Å²) in [6, 6.07) is 5.72. The third-order valence-corrected chi connectivity index (χ3v) is 1.56. The maximum atomic E-state index is 5.30. The van der Waals surface area contributed by atoms with E-state index in [0.717, 1.165) is 16.7 Å². The molecule has 1 aromatic heterocycles. The van der Waals surface area contributed by atoms with Gasteiger partial charge in [-0.15, -0.1) is 0 Å². The molecule has 11 heavy (non-hydrogen) atoms. The lowest BCUT2D eigenvalue weighted by molar-refractivity contribution is 0.561. The van der Waals surface area contributed by atoms with Gasteiger partial charge in [-0.05, 0) is 24.6 Å². The number of hydrogen-bond acceptors (Lipinski definition) is 2. The van der Waals surface area contributed by atoms with Crippen LogP contribution >= 0.6 is 0 Å². The second-order valence-corrected chi connectivity index (χ2v) is 2.53. The van der Waals surface area contributed by atoms with Crippen LogP contribution in [0.3, 0.4) is 0 Å². The predicted octanol–water partition coefficient (Wildman–Crippen LogP) is 2.32. The lowest BCUT2D eigenvalue weighted by Gasteiger charge is -1.87. The number of fused-ring (bicyclic) bond motifs is 1. The summed E-state index contributed by atoms with van der Waals surface area (Å²) >= 11 is 0. The van der Waals surface area contributed by atoms with Crippen molar-refractivity contribution in [1.29, 1.82) is 0 Å². The Morgan fingerprint density at radius 2 is 2.27 bits per heavy atom. The van der Waals surface area contributed by atoms with Gasteiger partial charge in [0.15, 0.2) is 11.5 Å². The van der Waals surface area contributed by atoms with Gasteiger partial charge in [0.2, 0.25) is 0 Å². The van der Waals surface area contributed by atoms with Crippen LogP contribution in [0.5, 0.6) is 0 Å². The largest absolute Gasteiger partial charge is 0.441 e. The molecule has 0 N–H and O–H groups in total. The fraction of sp³-hybridized carbons (Fsp3) is 0.111. The molecule has 0 spiro atoms. The SMILES string of the molecule is [CH2]c1ccc2nc(C)oc2c1. The second-order valence-electron chi connectivity index (χ2n) is 2.53. The number of aromatic nitrogens is 1. The van der Waals surface area contributed by atoms with E-state index in [4.69, 9.17) is 4.42 Å². The minimum atomic E-state index is 0.700. The highest BCUT2D eigenvalue weighted by Gasteiger charge is 1.99. The monoisotopic (exact) mass is 146 g/mol. The average molecular weight is 146 g/mol. The zero-order valence-corrected chi connectivity index (χ0v) is 6.29. The fourth-order valence-electron chi connectivity index (χ4n) is 1.08. The van der Waals surface area contributed by atoms with Crippen molar-refractivity contribution in [3.05, 3.63) is 36.6 Å². The van der Waals surface area contributed by atoms with Gasteiger partial charge in [-0.1, -0.05) is 6.07 Å². The molecular weight excluding hydrogens is 138 g/mol. The Hall–Kier alpha value is -1.31. The Labute approximate surface area is 64.9 Å². The van der Waals surface area contributed by atoms with Crippen molar-refractivity contribution in [2.45, 2.75) is 6.92 Å². The number of oxazole rings is 1. The number of benzene rings is 1. The molecular formula is C9H8NO. The van der Waals surface area contributed by atoms with Gasteiger partial charge in [-0.25, -0.2) is 4.98 Å². The third kappa shape index (κ3) is 1.00. The van der Waals surface area contributed by atoms with Crippen molar-refractivity contribution in [1.82, 2.24) is 4.98 Å². The Morgan fingerprint density at radius 3 is 3.09 bits per heavy atom. The summed E-state index contributed by atoms with van der Waals surface area (Å²) in [5.41, 5.74) is 2.67. The van der Waals surface area contributed by atoms with Gasteiger partial charge in [0, 0.05) is 6.92 Å². The van der Waals surface area contributed by atoms with E-state index >= 15 is 0 Å². The fourth-order valence-corrected chi connectivity index (χ4v) is 1.08. The number of nitrogens with zero attached hydrogens (tertiary/aromatic N) is 1. The minimum Gasteiger partial charge on any atom is -0.441 e. The van der Waals surface area contributed by atoms with Crippen molar-refractivity contribution in [2.24, 2.45) is 0 Å². The maximum Gasteiger partial charge on any atom is 0.192 e. The summed E-state index contributed by atoms with van der Waals surface area (Å²) in [5, 5.41) is 0. The van der Waals surface area contributed by atoms with Gasteiger partial charge in [0.25, 0.3) is 0 Å². The van der Waals surface area contributed by atoms with Gasteiger partial charge in [0.05, 0.1) is 0 Å². The van der Waals surface area contributed by atoms with Crippen LogP contribution in [0.25, 0.3) is 11.1 Å². The molecule has 0 amide bonds. The molecule has 0 fully saturated rings. The third-order valence-electron chi connectivity index (χ3n) is 1.56. The molecule has 0 saturated carbocycles. The van der Waals surface area contributed by atoms with Gasteiger partial charge < -0.3 is 4.42 Å². The van der Waals surface area contributed by atoms with E-state index in [0.29, 0.717) is 5.89 Å². The first-order valence-electron chi connectivity index (χ1n) is 3.45. The molecule has 2 rings (SSSR count). The Morgan fingerprint density at radius 1 is 1.45 bits per heavy atom. The highest BCUT2D eigenvalue weighted by Crippen LogP contribution is 2.15. The lowest BCUT2D eigenvalue weighted by atomic mass is 10.2. The van der Waals surface area contributed by atoms with E-state index in [-0.39, 0.29) is 0 Å². The van der Waals surface area contributed by atoms with Gasteiger partial charge in [-0.3, -0.25) is 0 Å². The molecule has 1 aromatic carbocycles. The van der Waals surface area contributed by atoms with Crippen LogP contribution in [0, 0.1) is 13.8 Å². The summed E-state index contributed by atoms with van der Waals surface area (Å²) in [6.07, 6.45) is 0. The van der Waals surface area contributed by atoms with Crippen LogP contribution in [0.1, 0.15) is 11.5 Å². The molecule has 0 unspecified atom stereocenters. The number of hydrogen-bond donors (Lipinski definition) is 0. The first-order valence-corrected chi connectivity index (χ1v) is 3.45. The van der Waals surface area contributed by atoms with Crippen LogP contribution < -0.4 is 0 Å². The minimum absolute atomic E-state index is 0.700. The average Bonchev–Trinajstić information content (AvgIpc) is 2.27. The Bertz CT molecular complexity index is 389. The van der Waals surface area contributed by atoms with Crippen LogP contribution in [0.4, 0.5) is 0 Å². The van der Waals surface area contributed by atoms with E-state index in [1.807, 2.05) is 25.1 Å². The predicted molar refractivity (Wildman–Crippen MR) is 43.2 cm³/mol. The van der Waals surface area contributed by atoms with Crippen LogP contribution in [0.2, 0.25) is 0 Å². The summed E-state index contributed by atoms with van der Waals surface area (Å²) < 4.78 is 5.30. The van der Waals surface area contributed by atoms with E-state index in [2.05, 4.69) is 11.9 Å². The normalized spacial score (nSPS) is 10.7. The highest BCUT2D eigenvalue weighted by atomic mass is 16.3. The molecule has 0 aliphatic carbocycles. The molecule has 55 valence electrons. The van der Waals surface area contributed by atoms with E-state index in [1.165, 1.54) is 0 Å². The van der Waals surface area contributed by atoms with E-state index < -0.39 is 0 Å². The number of aryl methyl sites for hydroxylation is 1. The summed E-state index contributed by atoms with van der Waals surface area (Å²) in [4.78, 5) is 4.16. The van der Waals surface area contributed by atoms with Crippen LogP contribution in [-0.4, -0.2) is 4.98 Å². The van der Waals surface area contributed by atoms with Gasteiger partial charge in [-0.2, -0.15) is 0 Å².